The van der Waals surface area contributed by atoms with Gasteiger partial charge in [-0.05, 0) is 67.1 Å². The van der Waals surface area contributed by atoms with Crippen LogP contribution in [0.25, 0.3) is 10.9 Å². The van der Waals surface area contributed by atoms with E-state index in [1.807, 2.05) is 12.1 Å². The number of ether oxygens (including phenoxy) is 1. The molecule has 1 aromatic heterocycles. The van der Waals surface area contributed by atoms with E-state index in [-0.39, 0.29) is 18.1 Å². The summed E-state index contributed by atoms with van der Waals surface area (Å²) in [6, 6.07) is 10.8. The highest BCUT2D eigenvalue weighted by Gasteiger charge is 2.21. The van der Waals surface area contributed by atoms with Gasteiger partial charge in [0.25, 0.3) is 5.91 Å². The number of esters is 1. The molecule has 1 heterocycles. The molecule has 3 aromatic rings. The monoisotopic (exact) mass is 394 g/mol. The van der Waals surface area contributed by atoms with Crippen molar-refractivity contribution in [3.8, 4) is 0 Å². The van der Waals surface area contributed by atoms with E-state index in [1.54, 1.807) is 18.2 Å². The second-order valence-corrected chi connectivity index (χ2v) is 7.41. The molecule has 1 atom stereocenters. The number of aromatic nitrogens is 1. The van der Waals surface area contributed by atoms with Gasteiger partial charge < -0.3 is 15.0 Å². The van der Waals surface area contributed by atoms with Crippen LogP contribution in [0.2, 0.25) is 0 Å². The zero-order chi connectivity index (χ0) is 20.4. The summed E-state index contributed by atoms with van der Waals surface area (Å²) < 4.78 is 18.0. The first kappa shape index (κ1) is 19.2. The van der Waals surface area contributed by atoms with E-state index >= 15 is 0 Å². The summed E-state index contributed by atoms with van der Waals surface area (Å²) in [5, 5.41) is 3.98. The number of fused-ring (bicyclic) bond motifs is 3. The van der Waals surface area contributed by atoms with Gasteiger partial charge in [0, 0.05) is 22.2 Å². The van der Waals surface area contributed by atoms with E-state index in [4.69, 9.17) is 4.74 Å². The third-order valence-electron chi connectivity index (χ3n) is 5.54. The van der Waals surface area contributed by atoms with E-state index in [0.29, 0.717) is 11.1 Å². The van der Waals surface area contributed by atoms with Gasteiger partial charge in [0.15, 0.2) is 0 Å². The molecule has 2 aromatic carbocycles. The number of carbonyl (C=O) groups excluding carboxylic acids is 2. The lowest BCUT2D eigenvalue weighted by Crippen LogP contribution is -2.30. The van der Waals surface area contributed by atoms with Crippen LogP contribution in [-0.2, 0) is 22.4 Å². The molecule has 0 saturated carbocycles. The van der Waals surface area contributed by atoms with Crippen LogP contribution in [0.1, 0.15) is 52.5 Å². The maximum atomic E-state index is 13.3. The van der Waals surface area contributed by atoms with E-state index in [1.165, 1.54) is 36.9 Å². The Morgan fingerprint density at radius 3 is 2.66 bits per heavy atom. The lowest BCUT2D eigenvalue weighted by atomic mass is 9.95. The van der Waals surface area contributed by atoms with E-state index in [0.717, 1.165) is 30.2 Å². The Kier molecular flexibility index (Phi) is 5.34. The van der Waals surface area contributed by atoms with Crippen LogP contribution in [0, 0.1) is 5.82 Å². The van der Waals surface area contributed by atoms with E-state index in [2.05, 4.69) is 10.3 Å². The van der Waals surface area contributed by atoms with Crippen molar-refractivity contribution in [3.05, 3.63) is 70.7 Å². The molecule has 150 valence electrons. The summed E-state index contributed by atoms with van der Waals surface area (Å²) in [5.41, 5.74) is 4.77. The maximum Gasteiger partial charge on any atom is 0.307 e. The number of hydrogen-bond donors (Lipinski definition) is 2. The molecule has 5 nitrogen and oxygen atoms in total. The first-order valence-electron chi connectivity index (χ1n) is 9.82. The minimum atomic E-state index is -0.605. The summed E-state index contributed by atoms with van der Waals surface area (Å²) in [5.74, 6) is -1.11. The van der Waals surface area contributed by atoms with Crippen LogP contribution in [0.5, 0.6) is 0 Å². The molecule has 1 aliphatic rings. The van der Waals surface area contributed by atoms with E-state index < -0.39 is 12.0 Å². The highest BCUT2D eigenvalue weighted by molar-refractivity contribution is 5.99. The van der Waals surface area contributed by atoms with Crippen LogP contribution in [0.15, 0.2) is 42.5 Å². The number of nitrogens with one attached hydrogen (secondary N) is 2. The number of H-pyrrole nitrogens is 1. The smallest absolute Gasteiger partial charge is 0.307 e. The molecule has 0 aliphatic heterocycles. The molecule has 29 heavy (non-hydrogen) atoms. The van der Waals surface area contributed by atoms with Crippen molar-refractivity contribution in [1.29, 1.82) is 0 Å². The Morgan fingerprint density at radius 1 is 1.14 bits per heavy atom. The molecule has 1 aliphatic carbocycles. The van der Waals surface area contributed by atoms with Gasteiger partial charge in [0.2, 0.25) is 0 Å². The number of halogens is 1. The zero-order valence-corrected chi connectivity index (χ0v) is 16.3. The topological polar surface area (TPSA) is 71.2 Å². The standard InChI is InChI=1S/C23H23FN2O3/c1-29-22(27)13-21(14-6-9-16(24)10-7-14)26-23(28)15-8-11-20-18(12-15)17-4-2-3-5-19(17)25-20/h6-12,21,25H,2-5,13H2,1H3,(H,26,28). The van der Waals surface area contributed by atoms with Gasteiger partial charge >= 0.3 is 5.97 Å². The molecular formula is C23H23FN2O3. The molecule has 1 amide bonds. The Morgan fingerprint density at radius 2 is 1.90 bits per heavy atom. The molecule has 2 N–H and O–H groups in total. The largest absolute Gasteiger partial charge is 0.469 e. The van der Waals surface area contributed by atoms with Crippen LogP contribution in [-0.4, -0.2) is 24.0 Å². The average Bonchev–Trinajstić information content (AvgIpc) is 3.11. The van der Waals surface area contributed by atoms with Crippen LogP contribution in [0.4, 0.5) is 4.39 Å². The van der Waals surface area contributed by atoms with Crippen LogP contribution >= 0.6 is 0 Å². The fraction of sp³-hybridized carbons (Fsp3) is 0.304. The lowest BCUT2D eigenvalue weighted by Gasteiger charge is -2.18. The predicted octanol–water partition coefficient (Wildman–Crippen LogP) is 4.22. The van der Waals surface area contributed by atoms with Crippen molar-refractivity contribution in [2.24, 2.45) is 0 Å². The van der Waals surface area contributed by atoms with Crippen LogP contribution in [0.3, 0.4) is 0 Å². The highest BCUT2D eigenvalue weighted by atomic mass is 19.1. The highest BCUT2D eigenvalue weighted by Crippen LogP contribution is 2.30. The van der Waals surface area contributed by atoms with Crippen molar-refractivity contribution in [2.75, 3.05) is 7.11 Å². The number of aromatic amines is 1. The molecule has 0 bridgehead atoms. The summed E-state index contributed by atoms with van der Waals surface area (Å²) in [6.07, 6.45) is 4.36. The third kappa shape index (κ3) is 4.01. The van der Waals surface area contributed by atoms with Crippen molar-refractivity contribution in [1.82, 2.24) is 10.3 Å². The number of aryl methyl sites for hydroxylation is 2. The predicted molar refractivity (Wildman–Crippen MR) is 108 cm³/mol. The van der Waals surface area contributed by atoms with Crippen molar-refractivity contribution in [3.63, 3.8) is 0 Å². The van der Waals surface area contributed by atoms with Crippen molar-refractivity contribution in [2.45, 2.75) is 38.1 Å². The number of rotatable bonds is 5. The summed E-state index contributed by atoms with van der Waals surface area (Å²) in [6.45, 7) is 0. The first-order chi connectivity index (χ1) is 14.0. The van der Waals surface area contributed by atoms with Crippen LogP contribution < -0.4 is 5.32 Å². The number of methoxy groups -OCH3 is 1. The average molecular weight is 394 g/mol. The summed E-state index contributed by atoms with van der Waals surface area (Å²) in [4.78, 5) is 28.2. The first-order valence-corrected chi connectivity index (χ1v) is 9.82. The van der Waals surface area contributed by atoms with Gasteiger partial charge in [-0.3, -0.25) is 9.59 Å². The Hall–Kier alpha value is -3.15. The molecule has 0 saturated heterocycles. The van der Waals surface area contributed by atoms with Gasteiger partial charge in [-0.2, -0.15) is 0 Å². The normalized spacial score (nSPS) is 14.3. The molecule has 0 spiro atoms. The number of amides is 1. The molecular weight excluding hydrogens is 371 g/mol. The van der Waals surface area contributed by atoms with Gasteiger partial charge in [-0.25, -0.2) is 4.39 Å². The summed E-state index contributed by atoms with van der Waals surface area (Å²) in [7, 11) is 1.30. The minimum Gasteiger partial charge on any atom is -0.469 e. The number of benzene rings is 2. The maximum absolute atomic E-state index is 13.3. The fourth-order valence-corrected chi connectivity index (χ4v) is 3.99. The summed E-state index contributed by atoms with van der Waals surface area (Å²) >= 11 is 0. The Bertz CT molecular complexity index is 1060. The molecule has 6 heteroatoms. The third-order valence-corrected chi connectivity index (χ3v) is 5.54. The quantitative estimate of drug-likeness (QED) is 0.637. The Balaban J connectivity index is 1.61. The van der Waals surface area contributed by atoms with E-state index in [9.17, 15) is 14.0 Å². The molecule has 0 radical (unpaired) electrons. The second kappa shape index (κ2) is 8.07. The second-order valence-electron chi connectivity index (χ2n) is 7.41. The van der Waals surface area contributed by atoms with Gasteiger partial charge in [0.05, 0.1) is 19.6 Å². The van der Waals surface area contributed by atoms with Gasteiger partial charge in [-0.15, -0.1) is 0 Å². The molecule has 1 unspecified atom stereocenters. The van der Waals surface area contributed by atoms with Crippen molar-refractivity contribution < 1.29 is 18.7 Å². The Labute approximate surface area is 168 Å². The van der Waals surface area contributed by atoms with Crippen molar-refractivity contribution >= 4 is 22.8 Å². The SMILES string of the molecule is COC(=O)CC(NC(=O)c1ccc2[nH]c3c(c2c1)CCCC3)c1ccc(F)cc1. The number of hydrogen-bond acceptors (Lipinski definition) is 3. The minimum absolute atomic E-state index is 0.0321. The fourth-order valence-electron chi connectivity index (χ4n) is 3.99. The molecule has 4 rings (SSSR count). The van der Waals surface area contributed by atoms with Gasteiger partial charge in [0.1, 0.15) is 5.82 Å². The lowest BCUT2D eigenvalue weighted by molar-refractivity contribution is -0.141. The number of carbonyl (C=O) groups is 2. The van der Waals surface area contributed by atoms with Gasteiger partial charge in [-0.1, -0.05) is 12.1 Å². The zero-order valence-electron chi connectivity index (χ0n) is 16.3. The molecule has 0 fully saturated rings.